The first-order valence-corrected chi connectivity index (χ1v) is 4.86. The number of nitrogens with zero attached hydrogens (tertiary/aromatic N) is 1. The maximum absolute atomic E-state index is 11.8. The zero-order valence-corrected chi connectivity index (χ0v) is 7.74. The first-order chi connectivity index (χ1) is 6.33. The van der Waals surface area contributed by atoms with Crippen molar-refractivity contribution in [2.75, 3.05) is 13.2 Å². The van der Waals surface area contributed by atoms with Gasteiger partial charge in [-0.1, -0.05) is 6.08 Å². The van der Waals surface area contributed by atoms with Crippen molar-refractivity contribution < 1.29 is 9.53 Å². The molecule has 3 nitrogen and oxygen atoms in total. The van der Waals surface area contributed by atoms with E-state index in [1.165, 1.54) is 0 Å². The summed E-state index contributed by atoms with van der Waals surface area (Å²) in [4.78, 5) is 13.7. The molecule has 2 fully saturated rings. The lowest BCUT2D eigenvalue weighted by molar-refractivity contribution is -0.155. The summed E-state index contributed by atoms with van der Waals surface area (Å²) in [5.74, 6) is 0.161. The van der Waals surface area contributed by atoms with E-state index in [9.17, 15) is 4.79 Å². The molecule has 2 heterocycles. The van der Waals surface area contributed by atoms with Crippen molar-refractivity contribution in [3.8, 4) is 0 Å². The fourth-order valence-electron chi connectivity index (χ4n) is 2.10. The number of carbonyl (C=O) groups excluding carboxylic acids is 1. The summed E-state index contributed by atoms with van der Waals surface area (Å²) < 4.78 is 5.48. The number of ether oxygens (including phenoxy) is 1. The second-order valence-corrected chi connectivity index (χ2v) is 3.67. The Balaban J connectivity index is 2.04. The van der Waals surface area contributed by atoms with E-state index in [-0.39, 0.29) is 12.0 Å². The molecule has 0 saturated carbocycles. The maximum atomic E-state index is 11.8. The van der Waals surface area contributed by atoms with Gasteiger partial charge in [-0.25, -0.2) is 0 Å². The second kappa shape index (κ2) is 3.50. The van der Waals surface area contributed by atoms with Crippen LogP contribution in [0.15, 0.2) is 12.7 Å². The van der Waals surface area contributed by atoms with Crippen molar-refractivity contribution in [1.82, 2.24) is 4.90 Å². The fourth-order valence-corrected chi connectivity index (χ4v) is 2.10. The largest absolute Gasteiger partial charge is 0.366 e. The van der Waals surface area contributed by atoms with Gasteiger partial charge in [0.2, 0.25) is 0 Å². The van der Waals surface area contributed by atoms with Crippen LogP contribution >= 0.6 is 0 Å². The molecule has 2 aliphatic rings. The Labute approximate surface area is 78.4 Å². The number of carbonyl (C=O) groups is 1. The molecule has 0 radical (unpaired) electrons. The molecule has 0 aromatic rings. The van der Waals surface area contributed by atoms with Crippen molar-refractivity contribution in [1.29, 1.82) is 0 Å². The van der Waals surface area contributed by atoms with E-state index in [1.54, 1.807) is 6.08 Å². The molecule has 2 rings (SSSR count). The standard InChI is InChI=1S/C10H15NO2/c1-2-4-9-10(12)11-6-3-5-8(11)7-13-9/h2,8-9H,1,3-7H2/t8-,9-/m0/s1. The van der Waals surface area contributed by atoms with Crippen LogP contribution in [0.4, 0.5) is 0 Å². The molecule has 13 heavy (non-hydrogen) atoms. The molecule has 0 spiro atoms. The zero-order chi connectivity index (χ0) is 9.26. The number of morpholine rings is 1. The van der Waals surface area contributed by atoms with Gasteiger partial charge in [0.05, 0.1) is 12.6 Å². The number of rotatable bonds is 2. The number of hydrogen-bond acceptors (Lipinski definition) is 2. The summed E-state index contributed by atoms with van der Waals surface area (Å²) in [5, 5.41) is 0. The van der Waals surface area contributed by atoms with E-state index in [1.807, 2.05) is 4.90 Å². The molecule has 0 aromatic heterocycles. The average molecular weight is 181 g/mol. The highest BCUT2D eigenvalue weighted by molar-refractivity contribution is 5.82. The summed E-state index contributed by atoms with van der Waals surface area (Å²) in [6.07, 6.45) is 4.36. The third-order valence-corrected chi connectivity index (χ3v) is 2.81. The molecule has 0 N–H and O–H groups in total. The molecule has 72 valence electrons. The van der Waals surface area contributed by atoms with Crippen molar-refractivity contribution >= 4 is 5.91 Å². The van der Waals surface area contributed by atoms with Gasteiger partial charge in [-0.05, 0) is 12.8 Å². The lowest BCUT2D eigenvalue weighted by Crippen LogP contribution is -2.50. The predicted molar refractivity (Wildman–Crippen MR) is 49.3 cm³/mol. The topological polar surface area (TPSA) is 29.5 Å². The molecule has 2 aliphatic heterocycles. The minimum Gasteiger partial charge on any atom is -0.366 e. The van der Waals surface area contributed by atoms with Crippen LogP contribution in [0.25, 0.3) is 0 Å². The Hall–Kier alpha value is -0.830. The van der Waals surface area contributed by atoms with Gasteiger partial charge in [-0.2, -0.15) is 0 Å². The number of hydrogen-bond donors (Lipinski definition) is 0. The fraction of sp³-hybridized carbons (Fsp3) is 0.700. The molecule has 1 amide bonds. The maximum Gasteiger partial charge on any atom is 0.252 e. The van der Waals surface area contributed by atoms with Crippen LogP contribution in [-0.4, -0.2) is 36.1 Å². The molecule has 0 bridgehead atoms. The van der Waals surface area contributed by atoms with E-state index in [2.05, 4.69) is 6.58 Å². The van der Waals surface area contributed by atoms with Crippen LogP contribution in [0.1, 0.15) is 19.3 Å². The summed E-state index contributed by atoms with van der Waals surface area (Å²) in [6.45, 7) is 5.25. The van der Waals surface area contributed by atoms with Crippen LogP contribution in [0.3, 0.4) is 0 Å². The molecule has 0 unspecified atom stereocenters. The van der Waals surface area contributed by atoms with E-state index >= 15 is 0 Å². The Morgan fingerprint density at radius 1 is 1.69 bits per heavy atom. The van der Waals surface area contributed by atoms with Gasteiger partial charge in [0.15, 0.2) is 0 Å². The van der Waals surface area contributed by atoms with Gasteiger partial charge in [0.1, 0.15) is 6.10 Å². The van der Waals surface area contributed by atoms with Crippen molar-refractivity contribution in [3.05, 3.63) is 12.7 Å². The summed E-state index contributed by atoms with van der Waals surface area (Å²) in [5.41, 5.74) is 0. The van der Waals surface area contributed by atoms with Crippen molar-refractivity contribution in [2.24, 2.45) is 0 Å². The molecular weight excluding hydrogens is 166 g/mol. The van der Waals surface area contributed by atoms with Crippen LogP contribution in [0.5, 0.6) is 0 Å². The van der Waals surface area contributed by atoms with Gasteiger partial charge >= 0.3 is 0 Å². The highest BCUT2D eigenvalue weighted by atomic mass is 16.5. The Bertz CT molecular complexity index is 227. The highest BCUT2D eigenvalue weighted by Crippen LogP contribution is 2.24. The molecule has 2 atom stereocenters. The van der Waals surface area contributed by atoms with Crippen LogP contribution in [0.2, 0.25) is 0 Å². The predicted octanol–water partition coefficient (Wildman–Crippen LogP) is 0.952. The average Bonchev–Trinajstić information content (AvgIpc) is 2.58. The van der Waals surface area contributed by atoms with Gasteiger partial charge in [0, 0.05) is 13.0 Å². The van der Waals surface area contributed by atoms with Crippen LogP contribution in [-0.2, 0) is 9.53 Å². The van der Waals surface area contributed by atoms with E-state index in [4.69, 9.17) is 4.74 Å². The molecule has 3 heteroatoms. The Kier molecular flexibility index (Phi) is 2.36. The van der Waals surface area contributed by atoms with Gasteiger partial charge < -0.3 is 9.64 Å². The van der Waals surface area contributed by atoms with Gasteiger partial charge in [-0.15, -0.1) is 6.58 Å². The summed E-state index contributed by atoms with van der Waals surface area (Å²) >= 11 is 0. The van der Waals surface area contributed by atoms with Crippen LogP contribution in [0, 0.1) is 0 Å². The van der Waals surface area contributed by atoms with Crippen LogP contribution < -0.4 is 0 Å². The first-order valence-electron chi connectivity index (χ1n) is 4.86. The third-order valence-electron chi connectivity index (χ3n) is 2.81. The Morgan fingerprint density at radius 3 is 3.31 bits per heavy atom. The molecular formula is C10H15NO2. The number of amides is 1. The van der Waals surface area contributed by atoms with E-state index in [0.717, 1.165) is 19.4 Å². The smallest absolute Gasteiger partial charge is 0.252 e. The van der Waals surface area contributed by atoms with E-state index < -0.39 is 0 Å². The SMILES string of the molecule is C=CC[C@@H]1OC[C@@H]2CCCN2C1=O. The normalized spacial score (nSPS) is 33.2. The molecule has 0 aromatic carbocycles. The van der Waals surface area contributed by atoms with Crippen molar-refractivity contribution in [3.63, 3.8) is 0 Å². The third kappa shape index (κ3) is 1.48. The van der Waals surface area contributed by atoms with Gasteiger partial charge in [0.25, 0.3) is 5.91 Å². The molecule has 0 aliphatic carbocycles. The highest BCUT2D eigenvalue weighted by Gasteiger charge is 2.37. The molecule has 2 saturated heterocycles. The van der Waals surface area contributed by atoms with Crippen molar-refractivity contribution in [2.45, 2.75) is 31.4 Å². The first kappa shape index (κ1) is 8.75. The quantitative estimate of drug-likeness (QED) is 0.594. The number of fused-ring (bicyclic) bond motifs is 1. The minimum atomic E-state index is -0.258. The Morgan fingerprint density at radius 2 is 2.54 bits per heavy atom. The lowest BCUT2D eigenvalue weighted by atomic mass is 10.1. The monoisotopic (exact) mass is 181 g/mol. The lowest BCUT2D eigenvalue weighted by Gasteiger charge is -2.34. The second-order valence-electron chi connectivity index (χ2n) is 3.67. The zero-order valence-electron chi connectivity index (χ0n) is 7.74. The summed E-state index contributed by atoms with van der Waals surface area (Å²) in [6, 6.07) is 0.355. The summed E-state index contributed by atoms with van der Waals surface area (Å²) in [7, 11) is 0. The van der Waals surface area contributed by atoms with E-state index in [0.29, 0.717) is 19.1 Å². The van der Waals surface area contributed by atoms with Gasteiger partial charge in [-0.3, -0.25) is 4.79 Å². The minimum absolute atomic E-state index is 0.161.